The number of hydrogen-bond acceptors (Lipinski definition) is 4. The standard InChI is InChI=1S/C27H29N3O2/c1-16(2)28-27(31)32-15-20-7-6-8-21(14-20)29-26-22-11-17(3)9-10-24(22)30-25-13-19(5)18(4)12-23(25)26/h6-14,16H,15H2,1-5H3,(H,28,31)(H,29,30). The van der Waals surface area contributed by atoms with Crippen LogP contribution in [0, 0.1) is 20.8 Å². The highest BCUT2D eigenvalue weighted by atomic mass is 16.5. The summed E-state index contributed by atoms with van der Waals surface area (Å²) < 4.78 is 5.34. The Bertz CT molecular complexity index is 1310. The van der Waals surface area contributed by atoms with Gasteiger partial charge in [0.25, 0.3) is 0 Å². The molecule has 32 heavy (non-hydrogen) atoms. The Morgan fingerprint density at radius 1 is 0.938 bits per heavy atom. The summed E-state index contributed by atoms with van der Waals surface area (Å²) in [7, 11) is 0. The highest BCUT2D eigenvalue weighted by Gasteiger charge is 2.12. The number of pyridine rings is 1. The largest absolute Gasteiger partial charge is 0.445 e. The van der Waals surface area contributed by atoms with Crippen molar-refractivity contribution < 1.29 is 9.53 Å². The van der Waals surface area contributed by atoms with Gasteiger partial charge in [-0.2, -0.15) is 0 Å². The number of nitrogens with one attached hydrogen (secondary N) is 2. The molecule has 0 radical (unpaired) electrons. The maximum Gasteiger partial charge on any atom is 0.407 e. The molecule has 0 fully saturated rings. The number of ether oxygens (including phenoxy) is 1. The number of aromatic nitrogens is 1. The monoisotopic (exact) mass is 427 g/mol. The number of benzene rings is 3. The first kappa shape index (κ1) is 21.6. The molecule has 0 spiro atoms. The first-order chi connectivity index (χ1) is 15.3. The summed E-state index contributed by atoms with van der Waals surface area (Å²) in [5, 5.41) is 8.54. The normalized spacial score (nSPS) is 11.2. The van der Waals surface area contributed by atoms with Gasteiger partial charge in [-0.15, -0.1) is 0 Å². The van der Waals surface area contributed by atoms with Crippen molar-refractivity contribution >= 4 is 39.3 Å². The predicted octanol–water partition coefficient (Wildman–Crippen LogP) is 6.69. The molecule has 3 aromatic carbocycles. The second-order valence-corrected chi connectivity index (χ2v) is 8.66. The van der Waals surface area contributed by atoms with Gasteiger partial charge >= 0.3 is 6.09 Å². The molecule has 0 atom stereocenters. The van der Waals surface area contributed by atoms with Crippen LogP contribution in [0.5, 0.6) is 0 Å². The molecule has 2 N–H and O–H groups in total. The fourth-order valence-corrected chi connectivity index (χ4v) is 3.76. The van der Waals surface area contributed by atoms with E-state index in [1.165, 1.54) is 16.7 Å². The van der Waals surface area contributed by atoms with Gasteiger partial charge in [-0.1, -0.05) is 23.8 Å². The van der Waals surface area contributed by atoms with Crippen molar-refractivity contribution in [3.8, 4) is 0 Å². The number of hydrogen-bond donors (Lipinski definition) is 2. The highest BCUT2D eigenvalue weighted by molar-refractivity contribution is 6.09. The van der Waals surface area contributed by atoms with E-state index in [-0.39, 0.29) is 12.6 Å². The summed E-state index contributed by atoms with van der Waals surface area (Å²) in [6, 6.07) is 18.7. The highest BCUT2D eigenvalue weighted by Crippen LogP contribution is 2.35. The summed E-state index contributed by atoms with van der Waals surface area (Å²) in [6.45, 7) is 10.3. The minimum absolute atomic E-state index is 0.0410. The van der Waals surface area contributed by atoms with Crippen LogP contribution in [0.4, 0.5) is 16.2 Å². The Kier molecular flexibility index (Phi) is 5.99. The van der Waals surface area contributed by atoms with Crippen LogP contribution < -0.4 is 10.6 Å². The molecule has 0 aliphatic rings. The van der Waals surface area contributed by atoms with Gasteiger partial charge in [0.2, 0.25) is 0 Å². The number of carbonyl (C=O) groups is 1. The number of carbonyl (C=O) groups excluding carboxylic acids is 1. The van der Waals surface area contributed by atoms with E-state index in [0.717, 1.165) is 38.7 Å². The van der Waals surface area contributed by atoms with Crippen LogP contribution in [0.2, 0.25) is 0 Å². The lowest BCUT2D eigenvalue weighted by Crippen LogP contribution is -2.30. The molecule has 164 valence electrons. The zero-order valence-corrected chi connectivity index (χ0v) is 19.2. The first-order valence-corrected chi connectivity index (χ1v) is 10.9. The van der Waals surface area contributed by atoms with E-state index in [0.29, 0.717) is 0 Å². The van der Waals surface area contributed by atoms with Crippen LogP contribution in [0.3, 0.4) is 0 Å². The zero-order valence-electron chi connectivity index (χ0n) is 19.2. The Labute approximate surface area is 188 Å². The van der Waals surface area contributed by atoms with Crippen molar-refractivity contribution in [2.75, 3.05) is 5.32 Å². The summed E-state index contributed by atoms with van der Waals surface area (Å²) in [6.07, 6.45) is -0.411. The summed E-state index contributed by atoms with van der Waals surface area (Å²) in [4.78, 5) is 16.7. The Morgan fingerprint density at radius 3 is 2.47 bits per heavy atom. The van der Waals surface area contributed by atoms with Crippen molar-refractivity contribution in [2.45, 2.75) is 47.3 Å². The number of rotatable bonds is 5. The van der Waals surface area contributed by atoms with E-state index in [9.17, 15) is 4.79 Å². The van der Waals surface area contributed by atoms with Crippen molar-refractivity contribution in [2.24, 2.45) is 0 Å². The van der Waals surface area contributed by atoms with E-state index in [1.54, 1.807) is 0 Å². The molecule has 4 aromatic rings. The van der Waals surface area contributed by atoms with E-state index >= 15 is 0 Å². The van der Waals surface area contributed by atoms with Gasteiger partial charge in [-0.25, -0.2) is 9.78 Å². The number of fused-ring (bicyclic) bond motifs is 2. The minimum Gasteiger partial charge on any atom is -0.445 e. The van der Waals surface area contributed by atoms with Crippen LogP contribution >= 0.6 is 0 Å². The molecule has 0 bridgehead atoms. The molecule has 1 aromatic heterocycles. The third-order valence-electron chi connectivity index (χ3n) is 5.52. The Hall–Kier alpha value is -3.60. The van der Waals surface area contributed by atoms with Gasteiger partial charge in [-0.05, 0) is 87.7 Å². The second-order valence-electron chi connectivity index (χ2n) is 8.66. The Morgan fingerprint density at radius 2 is 1.69 bits per heavy atom. The summed E-state index contributed by atoms with van der Waals surface area (Å²) >= 11 is 0. The molecular weight excluding hydrogens is 398 g/mol. The third kappa shape index (κ3) is 4.67. The molecule has 0 saturated carbocycles. The van der Waals surface area contributed by atoms with E-state index in [1.807, 2.05) is 38.1 Å². The maximum absolute atomic E-state index is 11.8. The number of alkyl carbamates (subject to hydrolysis) is 1. The van der Waals surface area contributed by atoms with Gasteiger partial charge in [0.05, 0.1) is 16.7 Å². The average Bonchev–Trinajstić information content (AvgIpc) is 2.74. The molecule has 0 aliphatic heterocycles. The molecule has 1 amide bonds. The van der Waals surface area contributed by atoms with Gasteiger partial charge in [0.1, 0.15) is 6.61 Å². The van der Waals surface area contributed by atoms with E-state index < -0.39 is 6.09 Å². The van der Waals surface area contributed by atoms with Gasteiger partial charge in [0.15, 0.2) is 0 Å². The zero-order chi connectivity index (χ0) is 22.8. The first-order valence-electron chi connectivity index (χ1n) is 10.9. The lowest BCUT2D eigenvalue weighted by Gasteiger charge is -2.16. The van der Waals surface area contributed by atoms with E-state index in [2.05, 4.69) is 61.7 Å². The van der Waals surface area contributed by atoms with Gasteiger partial charge in [-0.3, -0.25) is 0 Å². The smallest absolute Gasteiger partial charge is 0.407 e. The van der Waals surface area contributed by atoms with E-state index in [4.69, 9.17) is 9.72 Å². The van der Waals surface area contributed by atoms with Crippen LogP contribution in [0.25, 0.3) is 21.8 Å². The number of nitrogens with zero attached hydrogens (tertiary/aromatic N) is 1. The minimum atomic E-state index is -0.411. The van der Waals surface area contributed by atoms with Gasteiger partial charge < -0.3 is 15.4 Å². The molecule has 5 heteroatoms. The van der Waals surface area contributed by atoms with Crippen molar-refractivity contribution in [1.82, 2.24) is 10.3 Å². The number of anilines is 2. The summed E-state index contributed by atoms with van der Waals surface area (Å²) in [5.74, 6) is 0. The molecule has 0 saturated heterocycles. The van der Waals surface area contributed by atoms with Crippen LogP contribution in [0.15, 0.2) is 54.6 Å². The SMILES string of the molecule is Cc1ccc2nc3cc(C)c(C)cc3c(Nc3cccc(COC(=O)NC(C)C)c3)c2c1. The topological polar surface area (TPSA) is 63.3 Å². The summed E-state index contributed by atoms with van der Waals surface area (Å²) in [5.41, 5.74) is 8.45. The second kappa shape index (κ2) is 8.87. The molecule has 5 nitrogen and oxygen atoms in total. The lowest BCUT2D eigenvalue weighted by atomic mass is 10.0. The van der Waals surface area contributed by atoms with Crippen LogP contribution in [-0.2, 0) is 11.3 Å². The molecule has 0 unspecified atom stereocenters. The molecule has 4 rings (SSSR count). The van der Waals surface area contributed by atoms with Crippen molar-refractivity contribution in [3.63, 3.8) is 0 Å². The number of amides is 1. The molecular formula is C27H29N3O2. The fourth-order valence-electron chi connectivity index (χ4n) is 3.76. The predicted molar refractivity (Wildman–Crippen MR) is 132 cm³/mol. The average molecular weight is 428 g/mol. The number of aryl methyl sites for hydroxylation is 3. The van der Waals surface area contributed by atoms with Crippen molar-refractivity contribution in [3.05, 3.63) is 76.9 Å². The molecule has 1 heterocycles. The fraction of sp³-hybridized carbons (Fsp3) is 0.259. The van der Waals surface area contributed by atoms with Crippen molar-refractivity contribution in [1.29, 1.82) is 0 Å². The molecule has 0 aliphatic carbocycles. The Balaban J connectivity index is 1.72. The maximum atomic E-state index is 11.8. The van der Waals surface area contributed by atoms with Crippen LogP contribution in [0.1, 0.15) is 36.1 Å². The van der Waals surface area contributed by atoms with Gasteiger partial charge in [0, 0.05) is 22.5 Å². The quantitative estimate of drug-likeness (QED) is 0.348. The lowest BCUT2D eigenvalue weighted by molar-refractivity contribution is 0.137. The van der Waals surface area contributed by atoms with Crippen LogP contribution in [-0.4, -0.2) is 17.1 Å². The third-order valence-corrected chi connectivity index (χ3v) is 5.52.